The van der Waals surface area contributed by atoms with Crippen molar-refractivity contribution in [1.82, 2.24) is 14.5 Å². The number of aromatic nitrogens is 2. The van der Waals surface area contributed by atoms with Crippen LogP contribution in [-0.4, -0.2) is 69.1 Å². The lowest BCUT2D eigenvalue weighted by molar-refractivity contribution is -0.0314. The van der Waals surface area contributed by atoms with Crippen LogP contribution in [0.1, 0.15) is 77.8 Å². The molecule has 2 amide bonds. The molecule has 0 radical (unpaired) electrons. The number of ether oxygens (including phenoxy) is 2. The fourth-order valence-corrected chi connectivity index (χ4v) is 10.5. The van der Waals surface area contributed by atoms with E-state index >= 15 is 0 Å². The first-order valence-corrected chi connectivity index (χ1v) is 19.7. The van der Waals surface area contributed by atoms with Crippen molar-refractivity contribution < 1.29 is 28.4 Å². The van der Waals surface area contributed by atoms with E-state index in [1.165, 1.54) is 29.1 Å². The van der Waals surface area contributed by atoms with E-state index in [2.05, 4.69) is 31.2 Å². The van der Waals surface area contributed by atoms with Crippen LogP contribution in [-0.2, 0) is 28.8 Å². The molecule has 3 heterocycles. The summed E-state index contributed by atoms with van der Waals surface area (Å²) in [7, 11) is -0.598. The van der Waals surface area contributed by atoms with Crippen LogP contribution in [0.2, 0.25) is 5.02 Å². The van der Waals surface area contributed by atoms with Crippen molar-refractivity contribution in [2.45, 2.75) is 63.4 Å². The quantitative estimate of drug-likeness (QED) is 0.319. The van der Waals surface area contributed by atoms with Crippen LogP contribution in [0.25, 0.3) is 0 Å². The SMILES string of the molecule is COc1nn(C)cc1C(=O)NS1(=O)=NC(=O)c2ccc3c(c2)N(C[C@@H]2CC[C@H]2[C@@](C)(O)/C=C\C[C@H](C)C1)C[C@@]1(CCCc2cc(Cl)ccc21)CO3. The van der Waals surface area contributed by atoms with Gasteiger partial charge in [-0.3, -0.25) is 19.0 Å². The third-order valence-corrected chi connectivity index (χ3v) is 13.3. The van der Waals surface area contributed by atoms with E-state index in [9.17, 15) is 18.9 Å². The number of aliphatic hydroxyl groups is 1. The maximum Gasteiger partial charge on any atom is 0.286 e. The van der Waals surface area contributed by atoms with Gasteiger partial charge in [0, 0.05) is 42.3 Å². The van der Waals surface area contributed by atoms with Crippen molar-refractivity contribution in [3.63, 3.8) is 0 Å². The predicted molar refractivity (Wildman–Crippen MR) is 197 cm³/mol. The Balaban J connectivity index is 1.31. The van der Waals surface area contributed by atoms with Gasteiger partial charge in [0.1, 0.15) is 21.2 Å². The molecule has 3 aromatic rings. The lowest BCUT2D eigenvalue weighted by atomic mass is 9.64. The molecule has 2 N–H and O–H groups in total. The van der Waals surface area contributed by atoms with Crippen LogP contribution < -0.4 is 19.1 Å². The van der Waals surface area contributed by atoms with Crippen LogP contribution in [0, 0.1) is 17.8 Å². The van der Waals surface area contributed by atoms with Gasteiger partial charge in [0.25, 0.3) is 11.8 Å². The largest absolute Gasteiger partial charge is 0.490 e. The Morgan fingerprint density at radius 1 is 1.22 bits per heavy atom. The number of amides is 2. The normalized spacial score (nSPS) is 31.2. The van der Waals surface area contributed by atoms with Crippen LogP contribution in [0.15, 0.2) is 59.1 Å². The van der Waals surface area contributed by atoms with E-state index in [-0.39, 0.29) is 45.9 Å². The zero-order valence-electron chi connectivity index (χ0n) is 29.6. The van der Waals surface area contributed by atoms with Crippen LogP contribution >= 0.6 is 11.6 Å². The van der Waals surface area contributed by atoms with Gasteiger partial charge in [0.15, 0.2) is 0 Å². The number of hydrogen-bond donors (Lipinski definition) is 2. The number of allylic oxidation sites excluding steroid dienone is 1. The molecule has 4 aliphatic rings. The van der Waals surface area contributed by atoms with Crippen molar-refractivity contribution in [3.05, 3.63) is 82.0 Å². The van der Waals surface area contributed by atoms with E-state index in [4.69, 9.17) is 21.1 Å². The molecule has 13 heteroatoms. The Morgan fingerprint density at radius 3 is 2.80 bits per heavy atom. The summed E-state index contributed by atoms with van der Waals surface area (Å²) in [5.41, 5.74) is 2.19. The van der Waals surface area contributed by atoms with Gasteiger partial charge >= 0.3 is 0 Å². The Kier molecular flexibility index (Phi) is 9.47. The lowest BCUT2D eigenvalue weighted by Gasteiger charge is -2.48. The molecule has 1 unspecified atom stereocenters. The summed E-state index contributed by atoms with van der Waals surface area (Å²) in [4.78, 5) is 29.8. The third-order valence-electron chi connectivity index (χ3n) is 11.1. The molecule has 2 bridgehead atoms. The number of carbonyl (C=O) groups excluding carboxylic acids is 2. The van der Waals surface area contributed by atoms with Gasteiger partial charge in [-0.15, -0.1) is 9.46 Å². The van der Waals surface area contributed by atoms with Gasteiger partial charge < -0.3 is 19.5 Å². The highest BCUT2D eigenvalue weighted by molar-refractivity contribution is 7.92. The molecule has 272 valence electrons. The zero-order chi connectivity index (χ0) is 36.1. The summed E-state index contributed by atoms with van der Waals surface area (Å²) in [6.45, 7) is 5.54. The Hall–Kier alpha value is -3.87. The standard InChI is InChI=1S/C38H46ClN5O6S/c1-24-7-5-15-37(2,47)30-12-9-27(30)19-44-22-38(16-6-8-25-17-28(39)11-13-31(25)38)23-50-33-14-10-26(18-32(33)44)34(45)41-51(48,21-24)42-35(46)29-20-43(3)40-36(29)49-4/h5,10-11,13-15,17-18,20,24,27,30,47H,6-9,12,16,19,21-23H2,1-4H3,(H,41,42,45,46,48)/b15-5-/t24-,27-,30+,37-,38-,51?/m0/s1. The Morgan fingerprint density at radius 2 is 2.04 bits per heavy atom. The molecule has 11 nitrogen and oxygen atoms in total. The summed E-state index contributed by atoms with van der Waals surface area (Å²) < 4.78 is 34.7. The number of anilines is 1. The smallest absolute Gasteiger partial charge is 0.286 e. The minimum atomic E-state index is -3.63. The average molecular weight is 736 g/mol. The fourth-order valence-electron chi connectivity index (χ4n) is 8.47. The monoisotopic (exact) mass is 735 g/mol. The highest BCUT2D eigenvalue weighted by Gasteiger charge is 2.46. The molecular formula is C38H46ClN5O6S. The second-order valence-corrected chi connectivity index (χ2v) is 17.5. The minimum Gasteiger partial charge on any atom is -0.490 e. The van der Waals surface area contributed by atoms with E-state index < -0.39 is 27.3 Å². The van der Waals surface area contributed by atoms with Gasteiger partial charge in [-0.2, -0.15) is 0 Å². The molecule has 2 aliphatic carbocycles. The molecule has 0 saturated heterocycles. The highest BCUT2D eigenvalue weighted by atomic mass is 35.5. The third kappa shape index (κ3) is 7.02. The second-order valence-electron chi connectivity index (χ2n) is 15.1. The van der Waals surface area contributed by atoms with Gasteiger partial charge in [0.05, 0.1) is 30.8 Å². The summed E-state index contributed by atoms with van der Waals surface area (Å²) in [5.74, 6) is -0.767. The number of halogens is 1. The number of fused-ring (bicyclic) bond motifs is 4. The van der Waals surface area contributed by atoms with E-state index in [1.54, 1.807) is 25.2 Å². The second kappa shape index (κ2) is 13.6. The maximum atomic E-state index is 14.5. The molecule has 6 atom stereocenters. The van der Waals surface area contributed by atoms with Crippen molar-refractivity contribution in [2.75, 3.05) is 37.5 Å². The van der Waals surface area contributed by atoms with E-state index in [1.807, 2.05) is 32.1 Å². The molecular weight excluding hydrogens is 690 g/mol. The number of aryl methyl sites for hydroxylation is 2. The minimum absolute atomic E-state index is 0.0378. The first-order valence-electron chi connectivity index (χ1n) is 17.7. The number of carbonyl (C=O) groups is 2. The summed E-state index contributed by atoms with van der Waals surface area (Å²) in [6, 6.07) is 11.4. The summed E-state index contributed by atoms with van der Waals surface area (Å²) >= 11 is 6.44. The van der Waals surface area contributed by atoms with Crippen LogP contribution in [0.5, 0.6) is 11.6 Å². The molecule has 1 aromatic heterocycles. The average Bonchev–Trinajstić information content (AvgIpc) is 3.37. The molecule has 2 aromatic carbocycles. The first kappa shape index (κ1) is 35.5. The van der Waals surface area contributed by atoms with E-state index in [0.29, 0.717) is 31.9 Å². The molecule has 1 spiro atoms. The highest BCUT2D eigenvalue weighted by Crippen LogP contribution is 2.48. The van der Waals surface area contributed by atoms with Gasteiger partial charge in [-0.1, -0.05) is 36.7 Å². The predicted octanol–water partition coefficient (Wildman–Crippen LogP) is 5.88. The van der Waals surface area contributed by atoms with Crippen LogP contribution in [0.4, 0.5) is 5.69 Å². The number of nitrogens with zero attached hydrogens (tertiary/aromatic N) is 4. The van der Waals surface area contributed by atoms with Crippen molar-refractivity contribution >= 4 is 39.0 Å². The molecule has 1 fully saturated rings. The number of hydrogen-bond acceptors (Lipinski definition) is 8. The molecule has 2 aliphatic heterocycles. The lowest BCUT2D eigenvalue weighted by Crippen LogP contribution is -2.51. The summed E-state index contributed by atoms with van der Waals surface area (Å²) in [5, 5.41) is 16.6. The number of nitrogens with one attached hydrogen (secondary N) is 1. The molecule has 51 heavy (non-hydrogen) atoms. The van der Waals surface area contributed by atoms with Crippen molar-refractivity contribution in [2.24, 2.45) is 29.2 Å². The van der Waals surface area contributed by atoms with Gasteiger partial charge in [-0.05, 0) is 105 Å². The van der Waals surface area contributed by atoms with Gasteiger partial charge in [0.2, 0.25) is 5.88 Å². The summed E-state index contributed by atoms with van der Waals surface area (Å²) in [6.07, 6.45) is 10.5. The maximum absolute atomic E-state index is 14.5. The number of benzene rings is 2. The van der Waals surface area contributed by atoms with Gasteiger partial charge in [-0.25, -0.2) is 4.21 Å². The first-order chi connectivity index (χ1) is 24.3. The van der Waals surface area contributed by atoms with Crippen LogP contribution in [0.3, 0.4) is 0 Å². The van der Waals surface area contributed by atoms with Crippen molar-refractivity contribution in [1.29, 1.82) is 0 Å². The Bertz CT molecular complexity index is 2020. The number of rotatable bonds is 3. The topological polar surface area (TPSA) is 135 Å². The number of methoxy groups -OCH3 is 1. The molecule has 1 saturated carbocycles. The van der Waals surface area contributed by atoms with Crippen molar-refractivity contribution in [3.8, 4) is 11.6 Å². The fraction of sp³-hybridized carbons (Fsp3) is 0.500. The zero-order valence-corrected chi connectivity index (χ0v) is 31.1. The van der Waals surface area contributed by atoms with E-state index in [0.717, 1.165) is 42.8 Å². The Labute approximate surface area is 304 Å². The molecule has 7 rings (SSSR count).